The normalized spacial score (nSPS) is 12.5. The van der Waals surface area contributed by atoms with E-state index in [4.69, 9.17) is 0 Å². The fourth-order valence-electron chi connectivity index (χ4n) is 2.22. The van der Waals surface area contributed by atoms with Crippen molar-refractivity contribution >= 4 is 11.9 Å². The van der Waals surface area contributed by atoms with E-state index in [0.717, 1.165) is 30.3 Å². The third kappa shape index (κ3) is 4.78. The minimum Gasteiger partial charge on any atom is -0.480 e. The predicted molar refractivity (Wildman–Crippen MR) is 80.4 cm³/mol. The van der Waals surface area contributed by atoms with E-state index in [9.17, 15) is 36.6 Å². The number of nitrogens with one attached hydrogen (secondary N) is 1. The highest BCUT2D eigenvalue weighted by Crippen LogP contribution is 2.29. The summed E-state index contributed by atoms with van der Waals surface area (Å²) in [7, 11) is 0. The Balaban J connectivity index is 2.19. The van der Waals surface area contributed by atoms with Gasteiger partial charge in [0.1, 0.15) is 17.7 Å². The van der Waals surface area contributed by atoms with Crippen molar-refractivity contribution in [1.82, 2.24) is 5.32 Å². The van der Waals surface area contributed by atoms with Crippen LogP contribution in [0.5, 0.6) is 0 Å². The highest BCUT2D eigenvalue weighted by atomic mass is 19.4. The van der Waals surface area contributed by atoms with Crippen molar-refractivity contribution in [2.75, 3.05) is 0 Å². The van der Waals surface area contributed by atoms with Crippen LogP contribution in [0, 0.1) is 11.6 Å². The van der Waals surface area contributed by atoms with Crippen molar-refractivity contribution < 1.29 is 36.6 Å². The molecule has 0 bridgehead atoms. The lowest BCUT2D eigenvalue weighted by Crippen LogP contribution is -2.42. The van der Waals surface area contributed by atoms with Crippen molar-refractivity contribution in [1.29, 1.82) is 0 Å². The van der Waals surface area contributed by atoms with Crippen LogP contribution in [0.2, 0.25) is 0 Å². The number of rotatable bonds is 5. The third-order valence-corrected chi connectivity index (χ3v) is 3.47. The highest BCUT2D eigenvalue weighted by Gasteiger charge is 2.31. The van der Waals surface area contributed by atoms with Gasteiger partial charge in [0.2, 0.25) is 0 Å². The average molecular weight is 373 g/mol. The molecule has 9 heteroatoms. The Bertz CT molecular complexity index is 835. The molecule has 0 aliphatic heterocycles. The molecule has 0 unspecified atom stereocenters. The molecule has 2 aromatic rings. The first-order valence-corrected chi connectivity index (χ1v) is 7.23. The van der Waals surface area contributed by atoms with Crippen molar-refractivity contribution in [2.45, 2.75) is 18.6 Å². The molecule has 0 spiro atoms. The number of carbonyl (C=O) groups is 2. The molecule has 0 radical (unpaired) electrons. The van der Waals surface area contributed by atoms with Crippen LogP contribution in [-0.2, 0) is 17.4 Å². The molecule has 1 atom stereocenters. The van der Waals surface area contributed by atoms with E-state index in [-0.39, 0.29) is 5.56 Å². The lowest BCUT2D eigenvalue weighted by atomic mass is 10.0. The van der Waals surface area contributed by atoms with Gasteiger partial charge in [-0.05, 0) is 23.8 Å². The summed E-state index contributed by atoms with van der Waals surface area (Å²) in [5, 5.41) is 11.2. The van der Waals surface area contributed by atoms with Crippen LogP contribution < -0.4 is 5.32 Å². The molecule has 0 aromatic heterocycles. The molecule has 0 saturated carbocycles. The van der Waals surface area contributed by atoms with Crippen LogP contribution in [0.25, 0.3) is 0 Å². The van der Waals surface area contributed by atoms with Crippen LogP contribution in [0.3, 0.4) is 0 Å². The Labute approximate surface area is 144 Å². The van der Waals surface area contributed by atoms with Crippen LogP contribution >= 0.6 is 0 Å². The number of amides is 1. The number of aliphatic carboxylic acids is 1. The number of alkyl halides is 3. The van der Waals surface area contributed by atoms with Gasteiger partial charge in [0.05, 0.1) is 11.1 Å². The number of hydrogen-bond donors (Lipinski definition) is 2. The Kier molecular flexibility index (Phi) is 5.59. The third-order valence-electron chi connectivity index (χ3n) is 3.47. The number of hydrogen-bond acceptors (Lipinski definition) is 2. The quantitative estimate of drug-likeness (QED) is 0.790. The van der Waals surface area contributed by atoms with Crippen LogP contribution in [-0.4, -0.2) is 23.0 Å². The summed E-state index contributed by atoms with van der Waals surface area (Å²) in [6, 6.07) is 4.48. The zero-order valence-electron chi connectivity index (χ0n) is 13.0. The maximum absolute atomic E-state index is 13.6. The van der Waals surface area contributed by atoms with E-state index in [1.54, 1.807) is 0 Å². The molecule has 0 saturated heterocycles. The summed E-state index contributed by atoms with van der Waals surface area (Å²) < 4.78 is 64.6. The Morgan fingerprint density at radius 3 is 2.35 bits per heavy atom. The largest absolute Gasteiger partial charge is 0.480 e. The molecule has 1 amide bonds. The van der Waals surface area contributed by atoms with Crippen molar-refractivity contribution in [2.24, 2.45) is 0 Å². The molecule has 2 rings (SSSR count). The highest BCUT2D eigenvalue weighted by molar-refractivity contribution is 5.96. The fraction of sp³-hybridized carbons (Fsp3) is 0.176. The van der Waals surface area contributed by atoms with Gasteiger partial charge in [-0.15, -0.1) is 0 Å². The molecule has 0 aliphatic rings. The van der Waals surface area contributed by atoms with E-state index in [1.165, 1.54) is 6.07 Å². The van der Waals surface area contributed by atoms with Crippen molar-refractivity contribution in [3.05, 3.63) is 70.8 Å². The summed E-state index contributed by atoms with van der Waals surface area (Å²) >= 11 is 0. The molecule has 26 heavy (non-hydrogen) atoms. The van der Waals surface area contributed by atoms with Gasteiger partial charge in [-0.3, -0.25) is 4.79 Å². The van der Waals surface area contributed by atoms with Gasteiger partial charge in [-0.1, -0.05) is 18.2 Å². The minimum atomic E-state index is -4.60. The zero-order valence-corrected chi connectivity index (χ0v) is 13.0. The SMILES string of the molecule is O=C(N[C@H](Cc1cccc(C(F)(F)F)c1)C(=O)O)c1ccc(F)cc1F. The number of carboxylic acid groups (broad SMARTS) is 1. The van der Waals surface area contributed by atoms with E-state index < -0.39 is 53.3 Å². The number of benzene rings is 2. The van der Waals surface area contributed by atoms with Crippen molar-refractivity contribution in [3.8, 4) is 0 Å². The standard InChI is InChI=1S/C17H12F5NO3/c18-11-4-5-12(13(19)8-11)15(24)23-14(16(25)26)7-9-2-1-3-10(6-9)17(20,21)22/h1-6,8,14H,7H2,(H,23,24)(H,25,26)/t14-/m1/s1. The molecule has 0 heterocycles. The van der Waals surface area contributed by atoms with Crippen LogP contribution in [0.15, 0.2) is 42.5 Å². The smallest absolute Gasteiger partial charge is 0.416 e. The van der Waals surface area contributed by atoms with Crippen LogP contribution in [0.4, 0.5) is 22.0 Å². The first-order chi connectivity index (χ1) is 12.1. The first kappa shape index (κ1) is 19.4. The average Bonchev–Trinajstić information content (AvgIpc) is 2.53. The summed E-state index contributed by atoms with van der Waals surface area (Å²) in [6.07, 6.45) is -5.05. The number of carbonyl (C=O) groups excluding carboxylic acids is 1. The van der Waals surface area contributed by atoms with Gasteiger partial charge in [-0.2, -0.15) is 13.2 Å². The van der Waals surface area contributed by atoms with Crippen molar-refractivity contribution in [3.63, 3.8) is 0 Å². The van der Waals surface area contributed by atoms with E-state index in [1.807, 2.05) is 5.32 Å². The molecular weight excluding hydrogens is 361 g/mol. The lowest BCUT2D eigenvalue weighted by Gasteiger charge is -2.16. The van der Waals surface area contributed by atoms with Gasteiger partial charge in [0, 0.05) is 12.5 Å². The number of halogens is 5. The lowest BCUT2D eigenvalue weighted by molar-refractivity contribution is -0.139. The Morgan fingerprint density at radius 1 is 1.08 bits per heavy atom. The van der Waals surface area contributed by atoms with E-state index in [2.05, 4.69) is 0 Å². The molecule has 4 nitrogen and oxygen atoms in total. The second-order valence-corrected chi connectivity index (χ2v) is 5.39. The molecule has 2 N–H and O–H groups in total. The van der Waals surface area contributed by atoms with Crippen LogP contribution in [0.1, 0.15) is 21.5 Å². The van der Waals surface area contributed by atoms with Gasteiger partial charge in [0.25, 0.3) is 5.91 Å². The monoisotopic (exact) mass is 373 g/mol. The molecule has 0 aliphatic carbocycles. The first-order valence-electron chi connectivity index (χ1n) is 7.23. The topological polar surface area (TPSA) is 66.4 Å². The summed E-state index contributed by atoms with van der Waals surface area (Å²) in [5.74, 6) is -4.75. The van der Waals surface area contributed by atoms with E-state index in [0.29, 0.717) is 6.07 Å². The maximum atomic E-state index is 13.6. The molecule has 2 aromatic carbocycles. The second-order valence-electron chi connectivity index (χ2n) is 5.39. The second kappa shape index (κ2) is 7.51. The summed E-state index contributed by atoms with van der Waals surface area (Å²) in [6.45, 7) is 0. The summed E-state index contributed by atoms with van der Waals surface area (Å²) in [5.41, 5.74) is -1.52. The fourth-order valence-corrected chi connectivity index (χ4v) is 2.22. The molecule has 138 valence electrons. The Morgan fingerprint density at radius 2 is 1.77 bits per heavy atom. The minimum absolute atomic E-state index is 0.0205. The molecule has 0 fully saturated rings. The van der Waals surface area contributed by atoms with Gasteiger partial charge < -0.3 is 10.4 Å². The van der Waals surface area contributed by atoms with Gasteiger partial charge >= 0.3 is 12.1 Å². The predicted octanol–water partition coefficient (Wildman–Crippen LogP) is 3.41. The molecular formula is C17H12F5NO3. The number of carboxylic acids is 1. The van der Waals surface area contributed by atoms with Gasteiger partial charge in [-0.25, -0.2) is 13.6 Å². The zero-order chi connectivity index (χ0) is 19.5. The Hall–Kier alpha value is -2.97. The maximum Gasteiger partial charge on any atom is 0.416 e. The van der Waals surface area contributed by atoms with E-state index >= 15 is 0 Å². The summed E-state index contributed by atoms with van der Waals surface area (Å²) in [4.78, 5) is 23.3. The van der Waals surface area contributed by atoms with Gasteiger partial charge in [0.15, 0.2) is 0 Å².